The van der Waals surface area contributed by atoms with E-state index in [4.69, 9.17) is 24.2 Å². The van der Waals surface area contributed by atoms with Crippen LogP contribution in [0.5, 0.6) is 5.75 Å². The zero-order valence-corrected chi connectivity index (χ0v) is 46.9. The summed E-state index contributed by atoms with van der Waals surface area (Å²) in [7, 11) is 2.58. The number of hydrogen-bond acceptors (Lipinski definition) is 10. The van der Waals surface area contributed by atoms with Crippen LogP contribution in [0.25, 0.3) is 33.3 Å². The van der Waals surface area contributed by atoms with Gasteiger partial charge in [-0.05, 0) is 127 Å². The second kappa shape index (κ2) is 23.8. The fourth-order valence-corrected chi connectivity index (χ4v) is 12.4. The average Bonchev–Trinajstić information content (AvgIpc) is 4.21. The minimum atomic E-state index is -0.737. The molecule has 2 aromatic heterocycles. The summed E-state index contributed by atoms with van der Waals surface area (Å²) in [5, 5.41) is 6.40. The van der Waals surface area contributed by atoms with Crippen LogP contribution in [0.3, 0.4) is 0 Å². The van der Waals surface area contributed by atoms with Crippen LogP contribution in [0.2, 0.25) is 0 Å². The minimum Gasteiger partial charge on any atom is -0.464 e. The molecule has 5 atom stereocenters. The number of aromatic nitrogens is 1. The fraction of sp³-hybridized carbons (Fsp3) is 0.472. The number of halogens is 1. The van der Waals surface area contributed by atoms with Crippen molar-refractivity contribution >= 4 is 123 Å². The largest absolute Gasteiger partial charge is 0.464 e. The molecular weight excluding hydrogens is 1030 g/mol. The number of aliphatic imine (C=N–C) groups is 2. The molecule has 2 fully saturated rings. The van der Waals surface area contributed by atoms with E-state index in [9.17, 15) is 19.2 Å². The highest BCUT2D eigenvalue weighted by Crippen LogP contribution is 2.49. The summed E-state index contributed by atoms with van der Waals surface area (Å²) in [6.07, 6.45) is 10.5. The topological polar surface area (TPSA) is 156 Å². The summed E-state index contributed by atoms with van der Waals surface area (Å²) in [5.74, 6) is -0.508. The number of aryl methyl sites for hydroxylation is 2. The number of fused-ring (bicyclic) bond motifs is 6. The lowest BCUT2D eigenvalue weighted by Crippen LogP contribution is -2.53. The van der Waals surface area contributed by atoms with E-state index in [1.165, 1.54) is 24.7 Å². The van der Waals surface area contributed by atoms with E-state index in [1.807, 2.05) is 49.8 Å². The Morgan fingerprint density at radius 3 is 1.84 bits per heavy atom. The number of rotatable bonds is 11. The molecule has 1 aliphatic carbocycles. The van der Waals surface area contributed by atoms with Crippen molar-refractivity contribution in [3.05, 3.63) is 87.1 Å². The van der Waals surface area contributed by atoms with Crippen molar-refractivity contribution in [2.75, 3.05) is 27.3 Å². The maximum absolute atomic E-state index is 17.0. The lowest BCUT2D eigenvalue weighted by molar-refractivity contribution is -0.134. The molecule has 0 radical (unpaired) electrons. The molecule has 2 saturated heterocycles. The Bertz CT molecular complexity index is 2870. The summed E-state index contributed by atoms with van der Waals surface area (Å²) in [6.45, 7) is 8.75. The normalized spacial score (nSPS) is 20.3. The van der Waals surface area contributed by atoms with Gasteiger partial charge < -0.3 is 34.6 Å². The van der Waals surface area contributed by atoms with Crippen molar-refractivity contribution in [3.63, 3.8) is 0 Å². The molecule has 10 rings (SSSR count). The number of nitrogens with one attached hydrogen (secondary N) is 2. The predicted octanol–water partition coefficient (Wildman–Crippen LogP) is 9.89. The summed E-state index contributed by atoms with van der Waals surface area (Å²) in [6, 6.07) is 12.4. The number of carbonyl (C=O) groups is 4. The van der Waals surface area contributed by atoms with Crippen molar-refractivity contribution in [3.8, 4) is 17.0 Å². The van der Waals surface area contributed by atoms with Crippen LogP contribution in [-0.4, -0.2) is 101 Å². The van der Waals surface area contributed by atoms with Gasteiger partial charge in [-0.1, -0.05) is 33.8 Å². The Hall–Kier alpha value is -4.89. The molecule has 5 aliphatic heterocycles. The SMILES string of the molecule is COC(=O)N[C@H](C(=O)N1CCC[C@H]1C1=NC=C(c2cc(F)c3c(c2)OC(c2cc4c(s2)CCCC4)n2c-3cc3cc(C4=CN=C([C@@H]5CCCN5C(=O)[C@@H](NC(=O)OC)C(C)C)C4)ccc32)C1)C(C)C.S.S.S.S. The van der Waals surface area contributed by atoms with Gasteiger partial charge in [0.05, 0.1) is 48.0 Å². The fourth-order valence-electron chi connectivity index (χ4n) is 11.1. The zero-order valence-electron chi connectivity index (χ0n) is 42.1. The van der Waals surface area contributed by atoms with Gasteiger partial charge in [-0.3, -0.25) is 24.1 Å². The Balaban J connectivity index is 0.00000217. The summed E-state index contributed by atoms with van der Waals surface area (Å²) < 4.78 is 35.8. The molecular formula is C53H68FN7O7S5. The molecule has 1 unspecified atom stereocenters. The number of allylic oxidation sites excluding steroid dienone is 2. The maximum atomic E-state index is 17.0. The molecule has 2 N–H and O–H groups in total. The van der Waals surface area contributed by atoms with E-state index in [-0.39, 0.29) is 89.7 Å². The number of carbonyl (C=O) groups excluding carboxylic acids is 4. The van der Waals surface area contributed by atoms with E-state index in [0.717, 1.165) is 101 Å². The molecule has 73 heavy (non-hydrogen) atoms. The highest BCUT2D eigenvalue weighted by molar-refractivity contribution is 7.59. The van der Waals surface area contributed by atoms with Gasteiger partial charge in [0.25, 0.3) is 0 Å². The highest BCUT2D eigenvalue weighted by Gasteiger charge is 2.41. The lowest BCUT2D eigenvalue weighted by Gasteiger charge is -2.31. The standard InChI is InChI=1S/C53H60FN7O7S.4H2S/c1-28(2)47(57-52(64)66-5)49(62)59-17-9-12-40(59)37-21-34(26-55-37)30-15-16-39-33(19-30)23-42-46-36(54)20-32(24-43(46)68-51(61(39)42)45-25-31-11-7-8-14-44(31)69-45)35-22-38(56-27-35)41-13-10-18-60(41)50(63)48(29(3)4)58-53(65)67-6;;;;/h15-16,19-20,23-29,40-41,47-48,51H,7-14,17-18,21-22H2,1-6H3,(H,57,64)(H,58,65);4*1H2/t40-,41-,47-,48-,51?;;;;/m0..../s1. The Morgan fingerprint density at radius 2 is 1.29 bits per heavy atom. The molecule has 394 valence electrons. The molecule has 14 nitrogen and oxygen atoms in total. The number of nitrogens with zero attached hydrogens (tertiary/aromatic N) is 5. The predicted molar refractivity (Wildman–Crippen MR) is 306 cm³/mol. The van der Waals surface area contributed by atoms with Crippen molar-refractivity contribution in [2.45, 2.75) is 122 Å². The number of ether oxygens (including phenoxy) is 3. The van der Waals surface area contributed by atoms with Crippen LogP contribution in [0.4, 0.5) is 14.0 Å². The van der Waals surface area contributed by atoms with Gasteiger partial charge in [-0.25, -0.2) is 14.0 Å². The third-order valence-corrected chi connectivity index (χ3v) is 16.0. The molecule has 0 bridgehead atoms. The van der Waals surface area contributed by atoms with E-state index in [0.29, 0.717) is 42.8 Å². The van der Waals surface area contributed by atoms with Crippen molar-refractivity contribution < 1.29 is 37.8 Å². The van der Waals surface area contributed by atoms with E-state index < -0.39 is 36.3 Å². The second-order valence-corrected chi connectivity index (χ2v) is 20.9. The molecule has 2 aromatic carbocycles. The van der Waals surface area contributed by atoms with Crippen LogP contribution in [0, 0.1) is 17.7 Å². The first-order valence-corrected chi connectivity index (χ1v) is 25.2. The van der Waals surface area contributed by atoms with Gasteiger partial charge in [0.1, 0.15) is 23.7 Å². The number of alkyl carbamates (subject to hydrolysis) is 2. The zero-order chi connectivity index (χ0) is 48.2. The minimum absolute atomic E-state index is 0. The smallest absolute Gasteiger partial charge is 0.407 e. The molecule has 0 spiro atoms. The van der Waals surface area contributed by atoms with Gasteiger partial charge in [0.15, 0.2) is 0 Å². The van der Waals surface area contributed by atoms with Gasteiger partial charge in [-0.15, -0.1) is 11.3 Å². The number of amides is 4. The van der Waals surface area contributed by atoms with Gasteiger partial charge in [-0.2, -0.15) is 54.0 Å². The van der Waals surface area contributed by atoms with Crippen LogP contribution in [-0.2, 0) is 31.9 Å². The van der Waals surface area contributed by atoms with Crippen LogP contribution in [0.1, 0.15) is 112 Å². The molecule has 4 amide bonds. The van der Waals surface area contributed by atoms with Gasteiger partial charge >= 0.3 is 12.2 Å². The van der Waals surface area contributed by atoms with E-state index in [1.54, 1.807) is 23.6 Å². The average molecular weight is 1090 g/mol. The quantitative estimate of drug-likeness (QED) is 0.152. The lowest BCUT2D eigenvalue weighted by atomic mass is 9.95. The molecule has 7 heterocycles. The number of likely N-dealkylation sites (tertiary alicyclic amines) is 2. The third kappa shape index (κ3) is 11.0. The first-order valence-electron chi connectivity index (χ1n) is 24.4. The van der Waals surface area contributed by atoms with Gasteiger partial charge in [0.2, 0.25) is 18.0 Å². The first-order chi connectivity index (χ1) is 33.3. The van der Waals surface area contributed by atoms with Gasteiger partial charge in [0, 0.05) is 60.0 Å². The highest BCUT2D eigenvalue weighted by atomic mass is 32.1. The summed E-state index contributed by atoms with van der Waals surface area (Å²) in [5.41, 5.74) is 8.74. The van der Waals surface area contributed by atoms with Crippen LogP contribution >= 0.6 is 65.3 Å². The Morgan fingerprint density at radius 1 is 0.726 bits per heavy atom. The Labute approximate surface area is 458 Å². The molecule has 0 saturated carbocycles. The van der Waals surface area contributed by atoms with Crippen LogP contribution in [0.15, 0.2) is 64.8 Å². The first kappa shape index (κ1) is 57.4. The molecule has 4 aromatic rings. The molecule has 6 aliphatic rings. The number of thiophene rings is 1. The number of hydrogen-bond donors (Lipinski definition) is 2. The molecule has 20 heteroatoms. The van der Waals surface area contributed by atoms with Crippen molar-refractivity contribution in [1.82, 2.24) is 25.0 Å². The van der Waals surface area contributed by atoms with Crippen LogP contribution < -0.4 is 15.4 Å². The van der Waals surface area contributed by atoms with E-state index >= 15 is 4.39 Å². The number of benzene rings is 2. The third-order valence-electron chi connectivity index (χ3n) is 14.8. The van der Waals surface area contributed by atoms with Crippen molar-refractivity contribution in [1.29, 1.82) is 0 Å². The van der Waals surface area contributed by atoms with E-state index in [2.05, 4.69) is 45.5 Å². The summed E-state index contributed by atoms with van der Waals surface area (Å²) in [4.78, 5) is 67.9. The van der Waals surface area contributed by atoms with Crippen molar-refractivity contribution in [2.24, 2.45) is 21.8 Å². The monoisotopic (exact) mass is 1090 g/mol. The summed E-state index contributed by atoms with van der Waals surface area (Å²) >= 11 is 1.78. The Kier molecular flexibility index (Phi) is 18.7. The maximum Gasteiger partial charge on any atom is 0.407 e. The second-order valence-electron chi connectivity index (χ2n) is 19.8. The number of methoxy groups -OCH3 is 2.